The van der Waals surface area contributed by atoms with Crippen LogP contribution >= 0.6 is 0 Å². The molecule has 1 aromatic carbocycles. The SMILES string of the molecule is COc1cccc(-n2ncc3c(N/N=C/c4ncc[nH]4)ncnc32)c1. The van der Waals surface area contributed by atoms with Gasteiger partial charge < -0.3 is 9.72 Å². The molecule has 124 valence electrons. The van der Waals surface area contributed by atoms with Gasteiger partial charge in [-0.1, -0.05) is 6.07 Å². The number of hydrogen-bond donors (Lipinski definition) is 2. The van der Waals surface area contributed by atoms with E-state index in [0.717, 1.165) is 16.8 Å². The zero-order valence-electron chi connectivity index (χ0n) is 13.3. The van der Waals surface area contributed by atoms with Gasteiger partial charge in [-0.15, -0.1) is 0 Å². The minimum absolute atomic E-state index is 0.557. The van der Waals surface area contributed by atoms with E-state index in [4.69, 9.17) is 4.74 Å². The van der Waals surface area contributed by atoms with E-state index in [1.165, 1.54) is 6.33 Å². The average Bonchev–Trinajstić information content (AvgIpc) is 3.32. The summed E-state index contributed by atoms with van der Waals surface area (Å²) in [6.45, 7) is 0. The number of hydrazone groups is 1. The lowest BCUT2D eigenvalue weighted by atomic mass is 10.3. The summed E-state index contributed by atoms with van der Waals surface area (Å²) in [5.41, 5.74) is 4.40. The second-order valence-electron chi connectivity index (χ2n) is 5.06. The molecule has 0 fully saturated rings. The second-order valence-corrected chi connectivity index (χ2v) is 5.06. The molecule has 25 heavy (non-hydrogen) atoms. The second kappa shape index (κ2) is 6.40. The first-order valence-electron chi connectivity index (χ1n) is 7.47. The van der Waals surface area contributed by atoms with Crippen LogP contribution in [0, 0.1) is 0 Å². The molecule has 3 heterocycles. The van der Waals surface area contributed by atoms with E-state index in [0.29, 0.717) is 17.3 Å². The Morgan fingerprint density at radius 3 is 3.08 bits per heavy atom. The third kappa shape index (κ3) is 2.90. The number of nitrogens with zero attached hydrogens (tertiary/aromatic N) is 6. The third-order valence-electron chi connectivity index (χ3n) is 3.54. The van der Waals surface area contributed by atoms with Gasteiger partial charge in [-0.25, -0.2) is 19.6 Å². The van der Waals surface area contributed by atoms with Crippen molar-refractivity contribution in [2.24, 2.45) is 5.10 Å². The highest BCUT2D eigenvalue weighted by molar-refractivity contribution is 5.87. The minimum Gasteiger partial charge on any atom is -0.497 e. The molecule has 0 atom stereocenters. The largest absolute Gasteiger partial charge is 0.497 e. The summed E-state index contributed by atoms with van der Waals surface area (Å²) < 4.78 is 6.99. The number of aromatic amines is 1. The molecule has 3 aromatic heterocycles. The van der Waals surface area contributed by atoms with Gasteiger partial charge >= 0.3 is 0 Å². The molecule has 0 unspecified atom stereocenters. The van der Waals surface area contributed by atoms with Crippen molar-refractivity contribution in [3.05, 3.63) is 55.0 Å². The molecule has 4 rings (SSSR count). The van der Waals surface area contributed by atoms with Crippen molar-refractivity contribution in [2.75, 3.05) is 12.5 Å². The van der Waals surface area contributed by atoms with Crippen LogP contribution in [0.1, 0.15) is 5.82 Å². The molecule has 0 saturated heterocycles. The van der Waals surface area contributed by atoms with Crippen LogP contribution in [0.2, 0.25) is 0 Å². The molecule has 0 aliphatic carbocycles. The predicted molar refractivity (Wildman–Crippen MR) is 93.0 cm³/mol. The summed E-state index contributed by atoms with van der Waals surface area (Å²) in [6, 6.07) is 7.59. The van der Waals surface area contributed by atoms with Gasteiger partial charge in [-0.2, -0.15) is 10.2 Å². The molecule has 0 aliphatic rings. The number of rotatable bonds is 5. The fraction of sp³-hybridized carbons (Fsp3) is 0.0625. The maximum atomic E-state index is 5.26. The van der Waals surface area contributed by atoms with Gasteiger partial charge in [0.15, 0.2) is 11.5 Å². The summed E-state index contributed by atoms with van der Waals surface area (Å²) in [7, 11) is 1.63. The Morgan fingerprint density at radius 2 is 2.24 bits per heavy atom. The Morgan fingerprint density at radius 1 is 1.28 bits per heavy atom. The average molecular weight is 334 g/mol. The summed E-state index contributed by atoms with van der Waals surface area (Å²) in [4.78, 5) is 15.6. The van der Waals surface area contributed by atoms with Crippen molar-refractivity contribution in [1.29, 1.82) is 0 Å². The first kappa shape index (κ1) is 14.8. The number of fused-ring (bicyclic) bond motifs is 1. The van der Waals surface area contributed by atoms with Crippen LogP contribution < -0.4 is 10.2 Å². The van der Waals surface area contributed by atoms with E-state index < -0.39 is 0 Å². The van der Waals surface area contributed by atoms with Crippen molar-refractivity contribution in [3.63, 3.8) is 0 Å². The lowest BCUT2D eigenvalue weighted by Crippen LogP contribution is -2.00. The Labute approximate surface area is 142 Å². The zero-order chi connectivity index (χ0) is 17.1. The van der Waals surface area contributed by atoms with E-state index in [2.05, 4.69) is 35.6 Å². The Bertz CT molecular complexity index is 1020. The zero-order valence-corrected chi connectivity index (χ0v) is 13.3. The Kier molecular flexibility index (Phi) is 3.79. The van der Waals surface area contributed by atoms with Gasteiger partial charge in [0.1, 0.15) is 17.9 Å². The molecule has 4 aromatic rings. The lowest BCUT2D eigenvalue weighted by Gasteiger charge is -2.05. The molecule has 2 N–H and O–H groups in total. The van der Waals surface area contributed by atoms with E-state index >= 15 is 0 Å². The molecule has 0 radical (unpaired) electrons. The van der Waals surface area contributed by atoms with Crippen molar-refractivity contribution < 1.29 is 4.74 Å². The van der Waals surface area contributed by atoms with Crippen LogP contribution in [0.15, 0.2) is 54.3 Å². The number of benzene rings is 1. The van der Waals surface area contributed by atoms with Crippen LogP contribution in [-0.2, 0) is 0 Å². The number of H-pyrrole nitrogens is 1. The molecular weight excluding hydrogens is 320 g/mol. The summed E-state index contributed by atoms with van der Waals surface area (Å²) >= 11 is 0. The molecule has 0 saturated carbocycles. The van der Waals surface area contributed by atoms with Gasteiger partial charge in [-0.3, -0.25) is 5.43 Å². The number of ether oxygens (including phenoxy) is 1. The summed E-state index contributed by atoms with van der Waals surface area (Å²) in [6.07, 6.45) is 8.11. The van der Waals surface area contributed by atoms with Gasteiger partial charge in [0, 0.05) is 18.5 Å². The number of anilines is 1. The smallest absolute Gasteiger partial charge is 0.168 e. The van der Waals surface area contributed by atoms with E-state index in [1.807, 2.05) is 24.3 Å². The van der Waals surface area contributed by atoms with Crippen molar-refractivity contribution >= 4 is 23.1 Å². The number of methoxy groups -OCH3 is 1. The van der Waals surface area contributed by atoms with Gasteiger partial charge in [0.25, 0.3) is 0 Å². The number of imidazole rings is 1. The molecule has 0 spiro atoms. The Hall–Kier alpha value is -3.75. The molecule has 0 aliphatic heterocycles. The van der Waals surface area contributed by atoms with Crippen molar-refractivity contribution in [2.45, 2.75) is 0 Å². The quantitative estimate of drug-likeness (QED) is 0.427. The third-order valence-corrected chi connectivity index (χ3v) is 3.54. The summed E-state index contributed by atoms with van der Waals surface area (Å²) in [5.74, 6) is 1.95. The number of aromatic nitrogens is 6. The highest BCUT2D eigenvalue weighted by atomic mass is 16.5. The Balaban J connectivity index is 1.68. The highest BCUT2D eigenvalue weighted by Crippen LogP contribution is 2.23. The topological polar surface area (TPSA) is 106 Å². The molecule has 9 nitrogen and oxygen atoms in total. The maximum Gasteiger partial charge on any atom is 0.168 e. The standard InChI is InChI=1S/C16H14N8O/c1-25-12-4-2-3-11(7-12)24-16-13(8-22-24)15(19-10-20-16)23-21-9-14-17-5-6-18-14/h2-10H,1H3,(H,17,18)(H,19,20,23)/b21-9+. The normalized spacial score (nSPS) is 11.2. The van der Waals surface area contributed by atoms with Crippen LogP contribution in [0.25, 0.3) is 16.7 Å². The monoisotopic (exact) mass is 334 g/mol. The first-order chi connectivity index (χ1) is 12.3. The van der Waals surface area contributed by atoms with E-state index in [1.54, 1.807) is 36.6 Å². The molecule has 9 heteroatoms. The van der Waals surface area contributed by atoms with Crippen molar-refractivity contribution in [3.8, 4) is 11.4 Å². The van der Waals surface area contributed by atoms with Gasteiger partial charge in [0.2, 0.25) is 0 Å². The molecular formula is C16H14N8O. The van der Waals surface area contributed by atoms with Crippen molar-refractivity contribution in [1.82, 2.24) is 29.7 Å². The predicted octanol–water partition coefficient (Wildman–Crippen LogP) is 1.99. The highest BCUT2D eigenvalue weighted by Gasteiger charge is 2.11. The first-order valence-corrected chi connectivity index (χ1v) is 7.47. The van der Waals surface area contributed by atoms with Gasteiger partial charge in [-0.05, 0) is 12.1 Å². The molecule has 0 bridgehead atoms. The number of nitrogens with one attached hydrogen (secondary N) is 2. The lowest BCUT2D eigenvalue weighted by molar-refractivity contribution is 0.414. The minimum atomic E-state index is 0.557. The summed E-state index contributed by atoms with van der Waals surface area (Å²) in [5, 5.41) is 9.29. The maximum absolute atomic E-state index is 5.26. The fourth-order valence-corrected chi connectivity index (χ4v) is 2.37. The van der Waals surface area contributed by atoms with Gasteiger partial charge in [0.05, 0.1) is 30.6 Å². The van der Waals surface area contributed by atoms with E-state index in [-0.39, 0.29) is 0 Å². The van der Waals surface area contributed by atoms with Crippen LogP contribution in [-0.4, -0.2) is 43.0 Å². The van der Waals surface area contributed by atoms with Crippen LogP contribution in [0.4, 0.5) is 5.82 Å². The number of hydrogen-bond acceptors (Lipinski definition) is 7. The van der Waals surface area contributed by atoms with E-state index in [9.17, 15) is 0 Å². The van der Waals surface area contributed by atoms with Crippen LogP contribution in [0.3, 0.4) is 0 Å². The van der Waals surface area contributed by atoms with Crippen LogP contribution in [0.5, 0.6) is 5.75 Å². The fourth-order valence-electron chi connectivity index (χ4n) is 2.37. The molecule has 0 amide bonds.